The van der Waals surface area contributed by atoms with Crippen molar-refractivity contribution in [2.45, 2.75) is 19.3 Å². The number of aliphatic hydroxyl groups excluding tert-OH is 1. The van der Waals surface area contributed by atoms with Gasteiger partial charge in [-0.3, -0.25) is 0 Å². The number of aliphatic hydroxyl groups is 1. The Kier molecular flexibility index (Phi) is 4.59. The first-order chi connectivity index (χ1) is 6.79. The molecule has 0 spiro atoms. The monoisotopic (exact) mass is 196 g/mol. The molecule has 0 bridgehead atoms. The lowest BCUT2D eigenvalue weighted by Crippen LogP contribution is -2.24. The van der Waals surface area contributed by atoms with E-state index in [4.69, 9.17) is 9.47 Å². The van der Waals surface area contributed by atoms with Crippen LogP contribution in [-0.2, 0) is 9.47 Å². The summed E-state index contributed by atoms with van der Waals surface area (Å²) in [6.45, 7) is 2.38. The third kappa shape index (κ3) is 2.80. The smallest absolute Gasteiger partial charge is 0.187 e. The van der Waals surface area contributed by atoms with Crippen LogP contribution in [0.1, 0.15) is 18.6 Å². The fraction of sp³-hybridized carbons (Fsp3) is 0.455. The van der Waals surface area contributed by atoms with E-state index < -0.39 is 12.4 Å². The molecular weight excluding hydrogens is 180 g/mol. The van der Waals surface area contributed by atoms with E-state index in [1.165, 1.54) is 7.11 Å². The van der Waals surface area contributed by atoms with Crippen LogP contribution in [-0.4, -0.2) is 25.1 Å². The van der Waals surface area contributed by atoms with Gasteiger partial charge in [-0.1, -0.05) is 30.3 Å². The zero-order chi connectivity index (χ0) is 10.4. The maximum absolute atomic E-state index is 9.86. The molecule has 1 N–H and O–H groups in total. The maximum atomic E-state index is 9.86. The van der Waals surface area contributed by atoms with E-state index in [0.717, 1.165) is 5.56 Å². The Morgan fingerprint density at radius 1 is 1.29 bits per heavy atom. The molecule has 0 aliphatic rings. The standard InChI is InChI=1S/C11H16O3/c1-3-14-11(13-2)10(12)9-7-5-4-6-8-9/h4-8,10-12H,3H2,1-2H3. The van der Waals surface area contributed by atoms with E-state index in [1.54, 1.807) is 0 Å². The van der Waals surface area contributed by atoms with Crippen molar-refractivity contribution in [2.24, 2.45) is 0 Å². The predicted molar refractivity (Wildman–Crippen MR) is 53.8 cm³/mol. The van der Waals surface area contributed by atoms with Crippen LogP contribution in [0.3, 0.4) is 0 Å². The average Bonchev–Trinajstić information content (AvgIpc) is 2.26. The molecule has 0 saturated carbocycles. The van der Waals surface area contributed by atoms with Crippen LogP contribution in [0.15, 0.2) is 30.3 Å². The summed E-state index contributed by atoms with van der Waals surface area (Å²) in [5.41, 5.74) is 0.799. The van der Waals surface area contributed by atoms with E-state index in [1.807, 2.05) is 37.3 Å². The highest BCUT2D eigenvalue weighted by molar-refractivity contribution is 5.17. The van der Waals surface area contributed by atoms with Crippen LogP contribution in [0.2, 0.25) is 0 Å². The number of methoxy groups -OCH3 is 1. The molecule has 2 atom stereocenters. The second-order valence-corrected chi connectivity index (χ2v) is 2.91. The zero-order valence-electron chi connectivity index (χ0n) is 8.51. The first-order valence-corrected chi connectivity index (χ1v) is 4.67. The SMILES string of the molecule is CCOC(OC)C(O)c1ccccc1. The van der Waals surface area contributed by atoms with Crippen molar-refractivity contribution in [3.63, 3.8) is 0 Å². The summed E-state index contributed by atoms with van der Waals surface area (Å²) in [5.74, 6) is 0. The largest absolute Gasteiger partial charge is 0.383 e. The number of rotatable bonds is 5. The normalized spacial score (nSPS) is 15.1. The molecule has 14 heavy (non-hydrogen) atoms. The first-order valence-electron chi connectivity index (χ1n) is 4.67. The van der Waals surface area contributed by atoms with Gasteiger partial charge in [0.05, 0.1) is 0 Å². The number of ether oxygens (including phenoxy) is 2. The van der Waals surface area contributed by atoms with E-state index in [-0.39, 0.29) is 0 Å². The fourth-order valence-electron chi connectivity index (χ4n) is 1.26. The molecule has 78 valence electrons. The molecule has 0 aliphatic heterocycles. The summed E-state index contributed by atoms with van der Waals surface area (Å²) in [7, 11) is 1.52. The molecule has 3 nitrogen and oxygen atoms in total. The minimum Gasteiger partial charge on any atom is -0.383 e. The molecule has 0 saturated heterocycles. The highest BCUT2D eigenvalue weighted by Gasteiger charge is 2.19. The molecule has 3 heteroatoms. The lowest BCUT2D eigenvalue weighted by atomic mass is 10.1. The Labute approximate surface area is 84.3 Å². The van der Waals surface area contributed by atoms with Gasteiger partial charge in [0.25, 0.3) is 0 Å². The summed E-state index contributed by atoms with van der Waals surface area (Å²) in [6.07, 6.45) is -1.33. The number of benzene rings is 1. The lowest BCUT2D eigenvalue weighted by Gasteiger charge is -2.21. The minimum atomic E-state index is -0.735. The minimum absolute atomic E-state index is 0.516. The Bertz CT molecular complexity index is 248. The van der Waals surface area contributed by atoms with Gasteiger partial charge in [-0.15, -0.1) is 0 Å². The summed E-state index contributed by atoms with van der Waals surface area (Å²) >= 11 is 0. The van der Waals surface area contributed by atoms with Crippen molar-refractivity contribution in [1.29, 1.82) is 0 Å². The van der Waals surface area contributed by atoms with Crippen LogP contribution in [0, 0.1) is 0 Å². The van der Waals surface area contributed by atoms with Gasteiger partial charge in [0.1, 0.15) is 6.10 Å². The van der Waals surface area contributed by atoms with Crippen molar-refractivity contribution in [3.05, 3.63) is 35.9 Å². The van der Waals surface area contributed by atoms with Gasteiger partial charge in [-0.2, -0.15) is 0 Å². The molecule has 1 rings (SSSR count). The highest BCUT2D eigenvalue weighted by Crippen LogP contribution is 2.18. The quantitative estimate of drug-likeness (QED) is 0.729. The van der Waals surface area contributed by atoms with Crippen LogP contribution in [0.4, 0.5) is 0 Å². The van der Waals surface area contributed by atoms with Gasteiger partial charge in [0.2, 0.25) is 0 Å². The highest BCUT2D eigenvalue weighted by atomic mass is 16.7. The van der Waals surface area contributed by atoms with Gasteiger partial charge in [0, 0.05) is 13.7 Å². The van der Waals surface area contributed by atoms with E-state index in [9.17, 15) is 5.11 Å². The van der Waals surface area contributed by atoms with Crippen LogP contribution in [0.5, 0.6) is 0 Å². The molecule has 1 aromatic rings. The van der Waals surface area contributed by atoms with Crippen molar-refractivity contribution >= 4 is 0 Å². The van der Waals surface area contributed by atoms with Crippen molar-refractivity contribution in [3.8, 4) is 0 Å². The molecule has 1 aromatic carbocycles. The zero-order valence-corrected chi connectivity index (χ0v) is 8.51. The molecule has 0 amide bonds. The average molecular weight is 196 g/mol. The van der Waals surface area contributed by atoms with Crippen LogP contribution < -0.4 is 0 Å². The third-order valence-corrected chi connectivity index (χ3v) is 1.96. The molecule has 2 unspecified atom stereocenters. The molecule has 0 aliphatic carbocycles. The Morgan fingerprint density at radius 2 is 1.93 bits per heavy atom. The molecular formula is C11H16O3. The summed E-state index contributed by atoms with van der Waals surface area (Å²) in [5, 5.41) is 9.86. The van der Waals surface area contributed by atoms with E-state index >= 15 is 0 Å². The van der Waals surface area contributed by atoms with Gasteiger partial charge < -0.3 is 14.6 Å². The van der Waals surface area contributed by atoms with Gasteiger partial charge >= 0.3 is 0 Å². The Hall–Kier alpha value is -0.900. The number of hydrogen-bond acceptors (Lipinski definition) is 3. The van der Waals surface area contributed by atoms with Gasteiger partial charge in [-0.05, 0) is 12.5 Å². The second-order valence-electron chi connectivity index (χ2n) is 2.91. The molecule has 0 heterocycles. The summed E-state index contributed by atoms with van der Waals surface area (Å²) < 4.78 is 10.3. The predicted octanol–water partition coefficient (Wildman–Crippen LogP) is 1.73. The summed E-state index contributed by atoms with van der Waals surface area (Å²) in [6, 6.07) is 9.33. The molecule has 0 radical (unpaired) electrons. The van der Waals surface area contributed by atoms with Crippen molar-refractivity contribution in [2.75, 3.05) is 13.7 Å². The molecule has 0 fully saturated rings. The maximum Gasteiger partial charge on any atom is 0.187 e. The van der Waals surface area contributed by atoms with Crippen LogP contribution >= 0.6 is 0 Å². The van der Waals surface area contributed by atoms with Crippen LogP contribution in [0.25, 0.3) is 0 Å². The second kappa shape index (κ2) is 5.75. The first kappa shape index (κ1) is 11.2. The van der Waals surface area contributed by atoms with E-state index in [0.29, 0.717) is 6.61 Å². The lowest BCUT2D eigenvalue weighted by molar-refractivity contribution is -0.179. The summed E-state index contributed by atoms with van der Waals surface area (Å²) in [4.78, 5) is 0. The van der Waals surface area contributed by atoms with Crippen molar-refractivity contribution in [1.82, 2.24) is 0 Å². The molecule has 0 aromatic heterocycles. The Balaban J connectivity index is 2.67. The Morgan fingerprint density at radius 3 is 2.43 bits per heavy atom. The fourth-order valence-corrected chi connectivity index (χ4v) is 1.26. The van der Waals surface area contributed by atoms with Gasteiger partial charge in [0.15, 0.2) is 6.29 Å². The van der Waals surface area contributed by atoms with Crippen molar-refractivity contribution < 1.29 is 14.6 Å². The van der Waals surface area contributed by atoms with E-state index in [2.05, 4.69) is 0 Å². The van der Waals surface area contributed by atoms with Gasteiger partial charge in [-0.25, -0.2) is 0 Å². The number of hydrogen-bond donors (Lipinski definition) is 1. The topological polar surface area (TPSA) is 38.7 Å². The third-order valence-electron chi connectivity index (χ3n) is 1.96.